The lowest BCUT2D eigenvalue weighted by Crippen LogP contribution is -2.26. The Kier molecular flexibility index (Phi) is 6.59. The molecule has 140 valence electrons. The summed E-state index contributed by atoms with van der Waals surface area (Å²) in [4.78, 5) is 12.3. The number of benzene rings is 2. The molecule has 0 saturated carbocycles. The Balaban J connectivity index is 2.00. The average molecular weight is 378 g/mol. The molecule has 2 N–H and O–H groups in total. The van der Waals surface area contributed by atoms with Crippen molar-refractivity contribution >= 4 is 15.9 Å². The summed E-state index contributed by atoms with van der Waals surface area (Å²) in [5.41, 5.74) is 1.27. The quantitative estimate of drug-likeness (QED) is 0.727. The Labute approximate surface area is 153 Å². The highest BCUT2D eigenvalue weighted by Gasteiger charge is 2.14. The van der Waals surface area contributed by atoms with Crippen LogP contribution in [0.2, 0.25) is 0 Å². The van der Waals surface area contributed by atoms with Crippen LogP contribution in [0.15, 0.2) is 47.4 Å². The molecular weight excluding hydrogens is 356 g/mol. The van der Waals surface area contributed by atoms with Crippen molar-refractivity contribution in [1.29, 1.82) is 0 Å². The molecular formula is C18H22N2O5S. The summed E-state index contributed by atoms with van der Waals surface area (Å²) in [6.07, 6.45) is 0.598. The molecule has 0 unspecified atom stereocenters. The zero-order valence-electron chi connectivity index (χ0n) is 14.9. The van der Waals surface area contributed by atoms with Crippen molar-refractivity contribution in [3.8, 4) is 11.5 Å². The Bertz CT molecular complexity index is 881. The Morgan fingerprint density at radius 3 is 2.42 bits per heavy atom. The monoisotopic (exact) mass is 378 g/mol. The molecule has 0 bridgehead atoms. The first-order valence-corrected chi connectivity index (χ1v) is 9.42. The normalized spacial score (nSPS) is 11.0. The number of amides is 1. The highest BCUT2D eigenvalue weighted by molar-refractivity contribution is 7.89. The molecule has 0 aromatic heterocycles. The zero-order chi connectivity index (χ0) is 19.2. The van der Waals surface area contributed by atoms with Crippen molar-refractivity contribution < 1.29 is 22.7 Å². The molecule has 0 spiro atoms. The first-order valence-electron chi connectivity index (χ1n) is 7.94. The smallest absolute Gasteiger partial charge is 0.251 e. The van der Waals surface area contributed by atoms with Crippen LogP contribution in [0.3, 0.4) is 0 Å². The van der Waals surface area contributed by atoms with E-state index in [9.17, 15) is 13.2 Å². The number of hydrogen-bond acceptors (Lipinski definition) is 5. The van der Waals surface area contributed by atoms with Gasteiger partial charge in [0.25, 0.3) is 5.91 Å². The Morgan fingerprint density at radius 2 is 1.77 bits per heavy atom. The zero-order valence-corrected chi connectivity index (χ0v) is 15.7. The third kappa shape index (κ3) is 4.74. The number of carbonyl (C=O) groups excluding carboxylic acids is 1. The third-order valence-corrected chi connectivity index (χ3v) is 5.23. The standard InChI is InChI=1S/C18H22N2O5S/c1-19-26(22,23)15-6-4-5-14(12-15)18(21)20-10-9-13-7-8-16(24-2)17(11-13)25-3/h4-8,11-12,19H,9-10H2,1-3H3,(H,20,21). The van der Waals surface area contributed by atoms with Gasteiger partial charge in [0.1, 0.15) is 0 Å². The SMILES string of the molecule is CNS(=O)(=O)c1cccc(C(=O)NCCc2ccc(OC)c(OC)c2)c1. The lowest BCUT2D eigenvalue weighted by molar-refractivity contribution is 0.0954. The van der Waals surface area contributed by atoms with Crippen molar-refractivity contribution in [2.45, 2.75) is 11.3 Å². The van der Waals surface area contributed by atoms with Crippen LogP contribution < -0.4 is 19.5 Å². The third-order valence-electron chi connectivity index (χ3n) is 3.82. The summed E-state index contributed by atoms with van der Waals surface area (Å²) in [6.45, 7) is 0.400. The molecule has 0 atom stereocenters. The van der Waals surface area contributed by atoms with E-state index in [1.54, 1.807) is 20.3 Å². The van der Waals surface area contributed by atoms with Gasteiger partial charge in [-0.15, -0.1) is 0 Å². The summed E-state index contributed by atoms with van der Waals surface area (Å²) in [7, 11) is 0.871. The van der Waals surface area contributed by atoms with Gasteiger partial charge >= 0.3 is 0 Å². The first-order chi connectivity index (χ1) is 12.4. The molecule has 0 aliphatic heterocycles. The molecule has 0 aliphatic rings. The van der Waals surface area contributed by atoms with Gasteiger partial charge in [0.2, 0.25) is 10.0 Å². The van der Waals surface area contributed by atoms with Crippen molar-refractivity contribution in [2.75, 3.05) is 27.8 Å². The summed E-state index contributed by atoms with van der Waals surface area (Å²) in [5.74, 6) is 0.933. The van der Waals surface area contributed by atoms with Crippen LogP contribution in [-0.4, -0.2) is 42.1 Å². The van der Waals surface area contributed by atoms with Gasteiger partial charge < -0.3 is 14.8 Å². The summed E-state index contributed by atoms with van der Waals surface area (Å²) in [6, 6.07) is 11.4. The molecule has 0 aliphatic carbocycles. The van der Waals surface area contributed by atoms with Gasteiger partial charge in [-0.2, -0.15) is 0 Å². The van der Waals surface area contributed by atoms with E-state index in [1.165, 1.54) is 25.2 Å². The molecule has 1 amide bonds. The second-order valence-corrected chi connectivity index (χ2v) is 7.32. The van der Waals surface area contributed by atoms with E-state index in [0.717, 1.165) is 5.56 Å². The fraction of sp³-hybridized carbons (Fsp3) is 0.278. The number of carbonyl (C=O) groups is 1. The number of ether oxygens (including phenoxy) is 2. The highest BCUT2D eigenvalue weighted by atomic mass is 32.2. The molecule has 2 aromatic rings. The van der Waals surface area contributed by atoms with Crippen LogP contribution >= 0.6 is 0 Å². The molecule has 2 aromatic carbocycles. The summed E-state index contributed by atoms with van der Waals surface area (Å²) < 4.78 is 36.3. The maximum absolute atomic E-state index is 12.3. The van der Waals surface area contributed by atoms with E-state index in [-0.39, 0.29) is 16.4 Å². The van der Waals surface area contributed by atoms with Crippen LogP contribution in [0.4, 0.5) is 0 Å². The van der Waals surface area contributed by atoms with Gasteiger partial charge in [0.05, 0.1) is 19.1 Å². The number of sulfonamides is 1. The van der Waals surface area contributed by atoms with Gasteiger partial charge in [-0.25, -0.2) is 13.1 Å². The van der Waals surface area contributed by atoms with E-state index in [0.29, 0.717) is 24.5 Å². The number of methoxy groups -OCH3 is 2. The van der Waals surface area contributed by atoms with Gasteiger partial charge in [-0.3, -0.25) is 4.79 Å². The predicted octanol–water partition coefficient (Wildman–Crippen LogP) is 1.58. The maximum Gasteiger partial charge on any atom is 0.251 e. The topological polar surface area (TPSA) is 93.7 Å². The minimum Gasteiger partial charge on any atom is -0.493 e. The molecule has 7 nitrogen and oxygen atoms in total. The number of hydrogen-bond donors (Lipinski definition) is 2. The van der Waals surface area contributed by atoms with E-state index in [1.807, 2.05) is 18.2 Å². The van der Waals surface area contributed by atoms with Gasteiger partial charge in [-0.05, 0) is 49.4 Å². The van der Waals surface area contributed by atoms with Crippen LogP contribution in [0.25, 0.3) is 0 Å². The van der Waals surface area contributed by atoms with Crippen molar-refractivity contribution in [1.82, 2.24) is 10.0 Å². The lowest BCUT2D eigenvalue weighted by Gasteiger charge is -2.10. The number of rotatable bonds is 8. The molecule has 2 rings (SSSR count). The lowest BCUT2D eigenvalue weighted by atomic mass is 10.1. The fourth-order valence-corrected chi connectivity index (χ4v) is 3.16. The minimum atomic E-state index is -3.59. The summed E-state index contributed by atoms with van der Waals surface area (Å²) in [5, 5.41) is 2.78. The van der Waals surface area contributed by atoms with Crippen molar-refractivity contribution in [2.24, 2.45) is 0 Å². The maximum atomic E-state index is 12.3. The van der Waals surface area contributed by atoms with Crippen LogP contribution in [0.5, 0.6) is 11.5 Å². The second kappa shape index (κ2) is 8.68. The molecule has 0 heterocycles. The van der Waals surface area contributed by atoms with E-state index < -0.39 is 10.0 Å². The predicted molar refractivity (Wildman–Crippen MR) is 98.3 cm³/mol. The summed E-state index contributed by atoms with van der Waals surface area (Å²) >= 11 is 0. The van der Waals surface area contributed by atoms with Crippen LogP contribution in [-0.2, 0) is 16.4 Å². The van der Waals surface area contributed by atoms with Gasteiger partial charge in [0.15, 0.2) is 11.5 Å². The van der Waals surface area contributed by atoms with Gasteiger partial charge in [0, 0.05) is 12.1 Å². The molecule has 0 saturated heterocycles. The van der Waals surface area contributed by atoms with E-state index in [2.05, 4.69) is 10.0 Å². The van der Waals surface area contributed by atoms with Crippen molar-refractivity contribution in [3.05, 3.63) is 53.6 Å². The van der Waals surface area contributed by atoms with Crippen molar-refractivity contribution in [3.63, 3.8) is 0 Å². The van der Waals surface area contributed by atoms with Crippen LogP contribution in [0, 0.1) is 0 Å². The molecule has 26 heavy (non-hydrogen) atoms. The largest absolute Gasteiger partial charge is 0.493 e. The molecule has 0 radical (unpaired) electrons. The molecule has 0 fully saturated rings. The highest BCUT2D eigenvalue weighted by Crippen LogP contribution is 2.27. The fourth-order valence-electron chi connectivity index (χ4n) is 2.38. The van der Waals surface area contributed by atoms with Gasteiger partial charge in [-0.1, -0.05) is 12.1 Å². The molecule has 8 heteroatoms. The van der Waals surface area contributed by atoms with E-state index >= 15 is 0 Å². The minimum absolute atomic E-state index is 0.0486. The average Bonchev–Trinajstić information content (AvgIpc) is 2.67. The number of nitrogens with one attached hydrogen (secondary N) is 2. The Morgan fingerprint density at radius 1 is 1.04 bits per heavy atom. The van der Waals surface area contributed by atoms with E-state index in [4.69, 9.17) is 9.47 Å². The first kappa shape index (κ1) is 19.7. The van der Waals surface area contributed by atoms with Crippen LogP contribution in [0.1, 0.15) is 15.9 Å². The second-order valence-electron chi connectivity index (χ2n) is 5.43. The Hall–Kier alpha value is -2.58.